The number of hydrogen-bond donors (Lipinski definition) is 1. The van der Waals surface area contributed by atoms with Crippen LogP contribution in [0.5, 0.6) is 0 Å². The standard InChI is InChI=1S/C15H23NO2/c1-11-7-9-14(18-11)12(2)16-15(17)10-8-13-5-3-4-6-13/h7,9,12-13H,3-6,8,10H2,1-2H3,(H,16,17). The van der Waals surface area contributed by atoms with E-state index in [2.05, 4.69) is 5.32 Å². The van der Waals surface area contributed by atoms with Crippen molar-refractivity contribution in [3.05, 3.63) is 23.7 Å². The van der Waals surface area contributed by atoms with Crippen LogP contribution in [0.15, 0.2) is 16.5 Å². The van der Waals surface area contributed by atoms with Crippen molar-refractivity contribution < 1.29 is 9.21 Å². The first-order valence-corrected chi connectivity index (χ1v) is 7.01. The molecule has 0 radical (unpaired) electrons. The Labute approximate surface area is 109 Å². The van der Waals surface area contributed by atoms with Crippen molar-refractivity contribution >= 4 is 5.91 Å². The van der Waals surface area contributed by atoms with E-state index in [-0.39, 0.29) is 11.9 Å². The molecule has 1 aliphatic carbocycles. The van der Waals surface area contributed by atoms with E-state index in [1.54, 1.807) is 0 Å². The van der Waals surface area contributed by atoms with E-state index < -0.39 is 0 Å². The van der Waals surface area contributed by atoms with E-state index in [0.29, 0.717) is 6.42 Å². The highest BCUT2D eigenvalue weighted by Crippen LogP contribution is 2.28. The summed E-state index contributed by atoms with van der Waals surface area (Å²) < 4.78 is 5.51. The Morgan fingerprint density at radius 2 is 2.17 bits per heavy atom. The maximum atomic E-state index is 11.8. The summed E-state index contributed by atoms with van der Waals surface area (Å²) in [6.45, 7) is 3.88. The third-order valence-corrected chi connectivity index (χ3v) is 3.82. The Hall–Kier alpha value is -1.25. The first-order valence-electron chi connectivity index (χ1n) is 7.01. The Morgan fingerprint density at radius 1 is 1.44 bits per heavy atom. The van der Waals surface area contributed by atoms with Crippen molar-refractivity contribution in [1.29, 1.82) is 0 Å². The third-order valence-electron chi connectivity index (χ3n) is 3.82. The van der Waals surface area contributed by atoms with Gasteiger partial charge in [-0.1, -0.05) is 25.7 Å². The fraction of sp³-hybridized carbons (Fsp3) is 0.667. The number of carbonyl (C=O) groups is 1. The topological polar surface area (TPSA) is 42.2 Å². The molecule has 100 valence electrons. The van der Waals surface area contributed by atoms with Crippen LogP contribution >= 0.6 is 0 Å². The van der Waals surface area contributed by atoms with Gasteiger partial charge in [0.25, 0.3) is 0 Å². The minimum atomic E-state index is -0.0326. The highest BCUT2D eigenvalue weighted by atomic mass is 16.3. The van der Waals surface area contributed by atoms with Gasteiger partial charge in [-0.25, -0.2) is 0 Å². The Morgan fingerprint density at radius 3 is 2.78 bits per heavy atom. The molecule has 1 aromatic rings. The predicted octanol–water partition coefficient (Wildman–Crippen LogP) is 3.74. The number of nitrogens with one attached hydrogen (secondary N) is 1. The molecule has 1 saturated carbocycles. The van der Waals surface area contributed by atoms with E-state index in [9.17, 15) is 4.79 Å². The zero-order valence-electron chi connectivity index (χ0n) is 11.4. The lowest BCUT2D eigenvalue weighted by Gasteiger charge is -2.13. The molecule has 1 aliphatic rings. The number of hydrogen-bond acceptors (Lipinski definition) is 2. The second kappa shape index (κ2) is 6.07. The zero-order chi connectivity index (χ0) is 13.0. The molecule has 3 nitrogen and oxygen atoms in total. The van der Waals surface area contributed by atoms with Crippen LogP contribution in [0.3, 0.4) is 0 Å². The Balaban J connectivity index is 1.73. The molecular weight excluding hydrogens is 226 g/mol. The molecule has 0 saturated heterocycles. The molecule has 2 rings (SSSR count). The van der Waals surface area contributed by atoms with Crippen molar-refractivity contribution in [2.75, 3.05) is 0 Å². The molecule has 0 aromatic carbocycles. The number of rotatable bonds is 5. The molecule has 1 atom stereocenters. The number of amides is 1. The quantitative estimate of drug-likeness (QED) is 0.863. The van der Waals surface area contributed by atoms with Crippen LogP contribution in [-0.2, 0) is 4.79 Å². The van der Waals surface area contributed by atoms with Gasteiger partial charge in [0.15, 0.2) is 0 Å². The van der Waals surface area contributed by atoms with Gasteiger partial charge in [0.05, 0.1) is 6.04 Å². The molecule has 1 fully saturated rings. The molecule has 3 heteroatoms. The van der Waals surface area contributed by atoms with E-state index in [0.717, 1.165) is 23.9 Å². The molecule has 1 aromatic heterocycles. The molecule has 0 bridgehead atoms. The normalized spacial score (nSPS) is 17.9. The lowest BCUT2D eigenvalue weighted by Crippen LogP contribution is -2.26. The largest absolute Gasteiger partial charge is 0.464 e. The maximum absolute atomic E-state index is 11.8. The summed E-state index contributed by atoms with van der Waals surface area (Å²) in [5.41, 5.74) is 0. The average molecular weight is 249 g/mol. The van der Waals surface area contributed by atoms with Gasteiger partial charge in [0.2, 0.25) is 5.91 Å². The molecule has 1 heterocycles. The highest BCUT2D eigenvalue weighted by molar-refractivity contribution is 5.76. The Bertz CT molecular complexity index is 391. The maximum Gasteiger partial charge on any atom is 0.220 e. The minimum absolute atomic E-state index is 0.0326. The van der Waals surface area contributed by atoms with Crippen molar-refractivity contribution in [3.8, 4) is 0 Å². The summed E-state index contributed by atoms with van der Waals surface area (Å²) in [6, 6.07) is 3.82. The second-order valence-corrected chi connectivity index (χ2v) is 5.43. The van der Waals surface area contributed by atoms with Gasteiger partial charge in [0.1, 0.15) is 11.5 Å². The van der Waals surface area contributed by atoms with Crippen LogP contribution in [-0.4, -0.2) is 5.91 Å². The summed E-state index contributed by atoms with van der Waals surface area (Å²) in [5, 5.41) is 3.00. The van der Waals surface area contributed by atoms with Crippen LogP contribution in [0.2, 0.25) is 0 Å². The van der Waals surface area contributed by atoms with Gasteiger partial charge in [-0.3, -0.25) is 4.79 Å². The molecule has 18 heavy (non-hydrogen) atoms. The molecule has 1 amide bonds. The van der Waals surface area contributed by atoms with Gasteiger partial charge in [-0.2, -0.15) is 0 Å². The first kappa shape index (κ1) is 13.2. The molecule has 1 unspecified atom stereocenters. The lowest BCUT2D eigenvalue weighted by molar-refractivity contribution is -0.122. The van der Waals surface area contributed by atoms with Crippen molar-refractivity contribution in [2.24, 2.45) is 5.92 Å². The lowest BCUT2D eigenvalue weighted by atomic mass is 10.0. The number of aryl methyl sites for hydroxylation is 1. The van der Waals surface area contributed by atoms with E-state index >= 15 is 0 Å². The van der Waals surface area contributed by atoms with Crippen molar-refractivity contribution in [3.63, 3.8) is 0 Å². The number of furan rings is 1. The van der Waals surface area contributed by atoms with E-state index in [4.69, 9.17) is 4.42 Å². The summed E-state index contributed by atoms with van der Waals surface area (Å²) in [5.74, 6) is 2.64. The monoisotopic (exact) mass is 249 g/mol. The zero-order valence-corrected chi connectivity index (χ0v) is 11.4. The van der Waals surface area contributed by atoms with Crippen LogP contribution < -0.4 is 5.32 Å². The van der Waals surface area contributed by atoms with Gasteiger partial charge in [-0.15, -0.1) is 0 Å². The Kier molecular flexibility index (Phi) is 4.45. The molecule has 1 N–H and O–H groups in total. The number of carbonyl (C=O) groups excluding carboxylic acids is 1. The highest BCUT2D eigenvalue weighted by Gasteiger charge is 2.17. The third kappa shape index (κ3) is 3.62. The van der Waals surface area contributed by atoms with Gasteiger partial charge in [-0.05, 0) is 38.3 Å². The van der Waals surface area contributed by atoms with Crippen molar-refractivity contribution in [2.45, 2.75) is 58.4 Å². The van der Waals surface area contributed by atoms with Crippen LogP contribution in [0.25, 0.3) is 0 Å². The summed E-state index contributed by atoms with van der Waals surface area (Å²) in [6.07, 6.45) is 6.98. The fourth-order valence-corrected chi connectivity index (χ4v) is 2.71. The van der Waals surface area contributed by atoms with Crippen LogP contribution in [0.1, 0.15) is 63.0 Å². The average Bonchev–Trinajstić information content (AvgIpc) is 2.97. The first-order chi connectivity index (χ1) is 8.65. The smallest absolute Gasteiger partial charge is 0.220 e. The fourth-order valence-electron chi connectivity index (χ4n) is 2.71. The van der Waals surface area contributed by atoms with Crippen LogP contribution in [0, 0.1) is 12.8 Å². The van der Waals surface area contributed by atoms with Crippen molar-refractivity contribution in [1.82, 2.24) is 5.32 Å². The second-order valence-electron chi connectivity index (χ2n) is 5.43. The summed E-state index contributed by atoms with van der Waals surface area (Å²) in [4.78, 5) is 11.8. The van der Waals surface area contributed by atoms with Crippen LogP contribution in [0.4, 0.5) is 0 Å². The SMILES string of the molecule is Cc1ccc(C(C)NC(=O)CCC2CCCC2)o1. The molecule has 0 aliphatic heterocycles. The van der Waals surface area contributed by atoms with Gasteiger partial charge < -0.3 is 9.73 Å². The van der Waals surface area contributed by atoms with Gasteiger partial charge in [0, 0.05) is 6.42 Å². The summed E-state index contributed by atoms with van der Waals surface area (Å²) >= 11 is 0. The summed E-state index contributed by atoms with van der Waals surface area (Å²) in [7, 11) is 0. The van der Waals surface area contributed by atoms with E-state index in [1.807, 2.05) is 26.0 Å². The molecule has 0 spiro atoms. The predicted molar refractivity (Wildman–Crippen MR) is 71.2 cm³/mol. The minimum Gasteiger partial charge on any atom is -0.464 e. The van der Waals surface area contributed by atoms with E-state index in [1.165, 1.54) is 25.7 Å². The molecular formula is C15H23NO2. The van der Waals surface area contributed by atoms with Gasteiger partial charge >= 0.3 is 0 Å².